The van der Waals surface area contributed by atoms with E-state index in [1.54, 1.807) is 25.4 Å². The van der Waals surface area contributed by atoms with Gasteiger partial charge in [0.25, 0.3) is 11.8 Å². The van der Waals surface area contributed by atoms with Crippen molar-refractivity contribution < 1.29 is 46.5 Å². The molecule has 7 fully saturated rings. The number of carbonyl (C=O) groups is 3. The molecular weight excluding hydrogens is 988 g/mol. The van der Waals surface area contributed by atoms with Crippen molar-refractivity contribution in [3.63, 3.8) is 0 Å². The lowest BCUT2D eigenvalue weighted by Gasteiger charge is -2.52. The number of aliphatic imine (C=N–C) groups is 1. The van der Waals surface area contributed by atoms with Crippen LogP contribution in [0.15, 0.2) is 40.8 Å². The Kier molecular flexibility index (Phi) is 14.3. The van der Waals surface area contributed by atoms with Crippen LogP contribution in [0.25, 0.3) is 33.4 Å². The molecule has 2 amide bonds. The molecular formula is C55H66F3N9O7S. The summed E-state index contributed by atoms with van der Waals surface area (Å²) in [6, 6.07) is 5.80. The minimum atomic E-state index is -4.63. The highest BCUT2D eigenvalue weighted by Crippen LogP contribution is 2.45. The van der Waals surface area contributed by atoms with E-state index in [2.05, 4.69) is 39.0 Å². The summed E-state index contributed by atoms with van der Waals surface area (Å²) in [5, 5.41) is 4.37. The summed E-state index contributed by atoms with van der Waals surface area (Å²) >= 11 is 1.31. The van der Waals surface area contributed by atoms with E-state index in [4.69, 9.17) is 28.9 Å². The smallest absolute Gasteiger partial charge is 0.406 e. The zero-order valence-corrected chi connectivity index (χ0v) is 44.3. The van der Waals surface area contributed by atoms with E-state index in [1.165, 1.54) is 33.8 Å². The number of esters is 1. The molecule has 0 unspecified atom stereocenters. The van der Waals surface area contributed by atoms with Crippen LogP contribution in [0.5, 0.6) is 0 Å². The first kappa shape index (κ1) is 52.0. The van der Waals surface area contributed by atoms with E-state index in [0.29, 0.717) is 107 Å². The molecule has 0 spiro atoms. The molecule has 16 nitrogen and oxygen atoms in total. The largest absolute Gasteiger partial charge is 0.464 e. The molecule has 8 aliphatic rings. The van der Waals surface area contributed by atoms with Crippen molar-refractivity contribution in [3.8, 4) is 34.4 Å². The number of hydrazine groups is 1. The van der Waals surface area contributed by atoms with Gasteiger partial charge >= 0.3 is 12.1 Å². The number of hydrogen-bond donors (Lipinski definition) is 1. The first-order valence-corrected chi connectivity index (χ1v) is 27.3. The van der Waals surface area contributed by atoms with Gasteiger partial charge in [-0.3, -0.25) is 39.1 Å². The van der Waals surface area contributed by atoms with Crippen LogP contribution in [-0.2, 0) is 46.3 Å². The number of halogens is 3. The monoisotopic (exact) mass is 1050 g/mol. The van der Waals surface area contributed by atoms with E-state index in [-0.39, 0.29) is 42.7 Å². The van der Waals surface area contributed by atoms with Crippen molar-refractivity contribution in [2.24, 2.45) is 22.2 Å². The number of nitrogens with zero attached hydrogens (tertiary/aromatic N) is 8. The highest BCUT2D eigenvalue weighted by atomic mass is 32.1. The number of benzene rings is 1. The lowest BCUT2D eigenvalue weighted by molar-refractivity contribution is -0.167. The fourth-order valence-corrected chi connectivity index (χ4v) is 12.6. The van der Waals surface area contributed by atoms with Gasteiger partial charge in [-0.2, -0.15) is 13.2 Å². The lowest BCUT2D eigenvalue weighted by Crippen LogP contribution is -2.70. The predicted octanol–water partition coefficient (Wildman–Crippen LogP) is 6.61. The van der Waals surface area contributed by atoms with E-state index < -0.39 is 60.2 Å². The summed E-state index contributed by atoms with van der Waals surface area (Å²) in [5.74, 6) is 4.89. The Morgan fingerprint density at radius 3 is 2.48 bits per heavy atom. The molecule has 5 saturated heterocycles. The average Bonchev–Trinajstić information content (AvgIpc) is 4.06. The number of methoxy groups -OCH3 is 1. The van der Waals surface area contributed by atoms with Gasteiger partial charge in [-0.25, -0.2) is 15.4 Å². The van der Waals surface area contributed by atoms with Crippen molar-refractivity contribution in [3.05, 3.63) is 57.7 Å². The molecule has 3 aromatic heterocycles. The minimum Gasteiger partial charge on any atom is -0.464 e. The molecule has 9 heterocycles. The third kappa shape index (κ3) is 10.6. The zero-order valence-electron chi connectivity index (χ0n) is 43.5. The standard InChI is InChI=1S/C55H66F3N9O7S/c1-31-27-73-49(31)50(68)61-46-48(65-17-19-72-20-18-65)51-60-42(28-75-51)35-9-12-43-39(24-35)41(25-54(4,5)30-74-53(70)45-36-22-38(23-36)67(62-45)52(46)69)47(66(43)29-55(56,57)58)40-21-34(26-59-44(40)33(3)71-6)8-7-32(2)63-13-15-64(16-14-63)37-10-11-37/h9,12,21,24,26,28,31-33,36-38,45,48-49,62H,10-11,13-20,22-23,25,27,29-30H2,1-6H3/t31-,32-,33-,36?,38?,45-,48-,49-/m0/s1. The maximum atomic E-state index is 15.2. The van der Waals surface area contributed by atoms with Crippen LogP contribution in [0.2, 0.25) is 0 Å². The number of carbonyl (C=O) groups excluding carboxylic acids is 3. The van der Waals surface area contributed by atoms with Gasteiger partial charge in [-0.05, 0) is 75.6 Å². The summed E-state index contributed by atoms with van der Waals surface area (Å²) in [6.07, 6.45) is -0.601. The quantitative estimate of drug-likeness (QED) is 0.149. The molecule has 6 aliphatic heterocycles. The Morgan fingerprint density at radius 1 is 1.04 bits per heavy atom. The lowest BCUT2D eigenvalue weighted by atomic mass is 9.73. The fraction of sp³-hybridized carbons (Fsp3) is 0.600. The number of piperazine rings is 1. The van der Waals surface area contributed by atoms with Crippen LogP contribution in [-0.4, -0.2) is 167 Å². The first-order valence-electron chi connectivity index (χ1n) is 26.5. The minimum absolute atomic E-state index is 0.0490. The van der Waals surface area contributed by atoms with Crippen LogP contribution >= 0.6 is 11.3 Å². The second-order valence-corrected chi connectivity index (χ2v) is 23.2. The number of hydrogen-bond acceptors (Lipinski definition) is 14. The third-order valence-corrected chi connectivity index (χ3v) is 17.2. The van der Waals surface area contributed by atoms with E-state index in [0.717, 1.165) is 26.2 Å². The summed E-state index contributed by atoms with van der Waals surface area (Å²) in [5.41, 5.74) is 6.20. The Bertz CT molecular complexity index is 2940. The van der Waals surface area contributed by atoms with Crippen molar-refractivity contribution >= 4 is 45.7 Å². The number of morpholine rings is 1. The number of fused-ring (bicyclic) bond motifs is 4. The average molecular weight is 1050 g/mol. The summed E-state index contributed by atoms with van der Waals surface area (Å²) in [4.78, 5) is 65.2. The number of rotatable bonds is 8. The molecule has 8 bridgehead atoms. The SMILES string of the molecule is CO[C@@H](C)c1ncc(C#C[C@H](C)N2CCN(C3CC3)CC2)cc1-c1c2c3cc(ccc3n1CC(F)(F)F)-c1csc(n1)[C@@H](N1CCOCC1)C(=NC(=O)[C@H]1OC[C@@H]1C)C(=O)N1N[C@H](C(=O)OCC(C)(C)C2)C2CC1C2. The molecule has 4 aromatic rings. The molecule has 75 heavy (non-hydrogen) atoms. The fourth-order valence-electron chi connectivity index (χ4n) is 11.7. The molecule has 2 aliphatic carbocycles. The number of alkyl halides is 3. The van der Waals surface area contributed by atoms with Crippen molar-refractivity contribution in [2.75, 3.05) is 72.8 Å². The number of ether oxygens (including phenoxy) is 4. The van der Waals surface area contributed by atoms with Crippen molar-refractivity contribution in [2.45, 2.75) is 122 Å². The highest BCUT2D eigenvalue weighted by Gasteiger charge is 2.52. The van der Waals surface area contributed by atoms with Gasteiger partial charge in [0.2, 0.25) is 0 Å². The summed E-state index contributed by atoms with van der Waals surface area (Å²) < 4.78 is 70.4. The topological polar surface area (TPSA) is 156 Å². The molecule has 0 radical (unpaired) electrons. The van der Waals surface area contributed by atoms with Gasteiger partial charge in [0.15, 0.2) is 0 Å². The van der Waals surface area contributed by atoms with Crippen LogP contribution in [0.4, 0.5) is 13.2 Å². The van der Waals surface area contributed by atoms with Crippen LogP contribution in [0.3, 0.4) is 0 Å². The number of aromatic nitrogens is 3. The highest BCUT2D eigenvalue weighted by molar-refractivity contribution is 7.10. The Labute approximate surface area is 439 Å². The number of cyclic esters (lactones) is 1. The number of thiazole rings is 1. The van der Waals surface area contributed by atoms with Crippen LogP contribution < -0.4 is 5.43 Å². The Balaban J connectivity index is 1.07. The third-order valence-electron chi connectivity index (χ3n) is 16.3. The van der Waals surface area contributed by atoms with Gasteiger partial charge in [-0.1, -0.05) is 38.7 Å². The maximum Gasteiger partial charge on any atom is 0.406 e. The van der Waals surface area contributed by atoms with Gasteiger partial charge in [0.1, 0.15) is 35.5 Å². The number of pyridine rings is 1. The van der Waals surface area contributed by atoms with E-state index >= 15 is 18.0 Å². The molecule has 1 aromatic carbocycles. The normalized spacial score (nSPS) is 28.2. The van der Waals surface area contributed by atoms with Crippen molar-refractivity contribution in [1.82, 2.24) is 39.7 Å². The van der Waals surface area contributed by atoms with Crippen LogP contribution in [0, 0.1) is 29.1 Å². The van der Waals surface area contributed by atoms with Crippen molar-refractivity contribution in [1.29, 1.82) is 0 Å². The zero-order chi connectivity index (χ0) is 52.5. The summed E-state index contributed by atoms with van der Waals surface area (Å²) in [7, 11) is 1.55. The first-order chi connectivity index (χ1) is 35.9. The van der Waals surface area contributed by atoms with Gasteiger partial charge in [0, 0.05) is 109 Å². The molecule has 6 atom stereocenters. The second-order valence-electron chi connectivity index (χ2n) is 22.3. The molecule has 1 N–H and O–H groups in total. The van der Waals surface area contributed by atoms with E-state index in [1.807, 2.05) is 50.1 Å². The number of nitrogens with one attached hydrogen (secondary N) is 1. The van der Waals surface area contributed by atoms with Gasteiger partial charge < -0.3 is 23.5 Å². The predicted molar refractivity (Wildman–Crippen MR) is 275 cm³/mol. The summed E-state index contributed by atoms with van der Waals surface area (Å²) in [6.45, 7) is 14.0. The van der Waals surface area contributed by atoms with Gasteiger partial charge in [-0.15, -0.1) is 11.3 Å². The molecule has 400 valence electrons. The Morgan fingerprint density at radius 2 is 1.80 bits per heavy atom. The second kappa shape index (κ2) is 20.7. The maximum absolute atomic E-state index is 15.2. The molecule has 20 heteroatoms. The Hall–Kier alpha value is -5.11. The molecule has 2 saturated carbocycles. The number of amides is 2. The van der Waals surface area contributed by atoms with Gasteiger partial charge in [0.05, 0.1) is 55.7 Å². The van der Waals surface area contributed by atoms with Crippen LogP contribution in [0.1, 0.15) is 94.3 Å². The molecule has 12 rings (SSSR count). The van der Waals surface area contributed by atoms with E-state index in [9.17, 15) is 9.59 Å².